The highest BCUT2D eigenvalue weighted by Gasteiger charge is 2.40. The van der Waals surface area contributed by atoms with Crippen LogP contribution in [0.4, 0.5) is 4.79 Å². The maximum Gasteiger partial charge on any atom is 0.408 e. The number of nitrogens with two attached hydrogens (primary N) is 1. The van der Waals surface area contributed by atoms with Gasteiger partial charge in [-0.05, 0) is 49.1 Å². The number of hydrogen-bond donors (Lipinski definition) is 4. The fraction of sp³-hybridized carbons (Fsp3) is 0.500. The number of carbonyl (C=O) groups is 6. The van der Waals surface area contributed by atoms with Crippen LogP contribution in [0.3, 0.4) is 0 Å². The van der Waals surface area contributed by atoms with Gasteiger partial charge in [0.1, 0.15) is 24.7 Å². The molecule has 6 amide bonds. The van der Waals surface area contributed by atoms with Crippen LogP contribution in [0.15, 0.2) is 60.7 Å². The number of nitrogens with one attached hydrogen (secondary N) is 3. The Morgan fingerprint density at radius 2 is 1.47 bits per heavy atom. The summed E-state index contributed by atoms with van der Waals surface area (Å²) in [6.07, 6.45) is 1.89. The summed E-state index contributed by atoms with van der Waals surface area (Å²) >= 11 is 0. The van der Waals surface area contributed by atoms with Crippen LogP contribution in [-0.2, 0) is 41.7 Å². The average molecular weight is 677 g/mol. The minimum Gasteiger partial charge on any atom is -0.445 e. The van der Waals surface area contributed by atoms with E-state index in [-0.39, 0.29) is 43.2 Å². The summed E-state index contributed by atoms with van der Waals surface area (Å²) < 4.78 is 5.40. The first-order chi connectivity index (χ1) is 23.5. The van der Waals surface area contributed by atoms with Crippen molar-refractivity contribution >= 4 is 35.6 Å². The van der Waals surface area contributed by atoms with Gasteiger partial charge in [0.15, 0.2) is 0 Å². The van der Waals surface area contributed by atoms with Crippen molar-refractivity contribution in [2.75, 3.05) is 26.2 Å². The van der Waals surface area contributed by atoms with E-state index in [1.54, 1.807) is 9.80 Å². The SMILES string of the molecule is CC(C)C[C@@H](NC(=O)C1CCCN1C(=O)C1CCN(C(=O)[C@@H](Cc2ccccc2)NC(=O)OCc2ccccc2)CC1)C(=O)NCC(N)=O. The molecule has 264 valence electrons. The van der Waals surface area contributed by atoms with Crippen LogP contribution >= 0.6 is 0 Å². The predicted molar refractivity (Wildman–Crippen MR) is 181 cm³/mol. The smallest absolute Gasteiger partial charge is 0.408 e. The fourth-order valence-electron chi connectivity index (χ4n) is 6.33. The molecule has 2 saturated heterocycles. The molecule has 0 spiro atoms. The zero-order valence-corrected chi connectivity index (χ0v) is 28.3. The molecule has 0 saturated carbocycles. The molecule has 2 fully saturated rings. The van der Waals surface area contributed by atoms with E-state index >= 15 is 0 Å². The third kappa shape index (κ3) is 11.0. The van der Waals surface area contributed by atoms with Gasteiger partial charge in [-0.1, -0.05) is 74.5 Å². The van der Waals surface area contributed by atoms with Crippen LogP contribution in [-0.4, -0.2) is 89.7 Å². The van der Waals surface area contributed by atoms with Crippen molar-refractivity contribution in [3.05, 3.63) is 71.8 Å². The van der Waals surface area contributed by atoms with Crippen LogP contribution in [0.25, 0.3) is 0 Å². The van der Waals surface area contributed by atoms with E-state index in [1.807, 2.05) is 74.5 Å². The molecule has 5 N–H and O–H groups in total. The van der Waals surface area contributed by atoms with Crippen molar-refractivity contribution in [2.45, 2.75) is 77.1 Å². The van der Waals surface area contributed by atoms with Gasteiger partial charge in [-0.15, -0.1) is 0 Å². The zero-order chi connectivity index (χ0) is 35.3. The summed E-state index contributed by atoms with van der Waals surface area (Å²) in [5.41, 5.74) is 6.87. The van der Waals surface area contributed by atoms with Gasteiger partial charge in [-0.3, -0.25) is 24.0 Å². The second-order valence-electron chi connectivity index (χ2n) is 13.1. The van der Waals surface area contributed by atoms with Gasteiger partial charge in [0.2, 0.25) is 29.5 Å². The molecule has 2 aromatic rings. The highest BCUT2D eigenvalue weighted by atomic mass is 16.5. The average Bonchev–Trinajstić information content (AvgIpc) is 3.60. The molecule has 0 aliphatic carbocycles. The van der Waals surface area contributed by atoms with Crippen molar-refractivity contribution in [3.63, 3.8) is 0 Å². The van der Waals surface area contributed by atoms with E-state index in [1.165, 1.54) is 0 Å². The van der Waals surface area contributed by atoms with Gasteiger partial charge in [0.25, 0.3) is 0 Å². The maximum atomic E-state index is 13.8. The second-order valence-corrected chi connectivity index (χ2v) is 13.1. The van der Waals surface area contributed by atoms with Crippen LogP contribution in [0, 0.1) is 11.8 Å². The quantitative estimate of drug-likeness (QED) is 0.236. The van der Waals surface area contributed by atoms with Crippen molar-refractivity contribution < 1.29 is 33.5 Å². The van der Waals surface area contributed by atoms with E-state index in [4.69, 9.17) is 10.5 Å². The normalized spacial score (nSPS) is 17.6. The van der Waals surface area contributed by atoms with Crippen molar-refractivity contribution in [1.29, 1.82) is 0 Å². The number of likely N-dealkylation sites (tertiary alicyclic amines) is 2. The first-order valence-corrected chi connectivity index (χ1v) is 17.0. The minimum absolute atomic E-state index is 0.0722. The molecule has 4 rings (SSSR count). The van der Waals surface area contributed by atoms with Gasteiger partial charge in [0, 0.05) is 32.0 Å². The number of primary amides is 1. The number of amides is 6. The van der Waals surface area contributed by atoms with E-state index in [9.17, 15) is 28.8 Å². The number of nitrogens with zero attached hydrogens (tertiary/aromatic N) is 2. The molecular formula is C36H48N6O7. The van der Waals surface area contributed by atoms with Gasteiger partial charge >= 0.3 is 6.09 Å². The Kier molecular flexibility index (Phi) is 13.5. The molecule has 13 nitrogen and oxygen atoms in total. The number of alkyl carbamates (subject to hydrolysis) is 1. The van der Waals surface area contributed by atoms with Crippen LogP contribution in [0.1, 0.15) is 57.1 Å². The Balaban J connectivity index is 1.34. The molecule has 0 bridgehead atoms. The Hall–Kier alpha value is -4.94. The Morgan fingerprint density at radius 3 is 2.08 bits per heavy atom. The lowest BCUT2D eigenvalue weighted by molar-refractivity contribution is -0.145. The molecule has 1 unspecified atom stereocenters. The standard InChI is InChI=1S/C36H48N6O7/c1-24(2)20-28(32(44)38-22-31(37)43)39-33(45)30-14-9-17-42(30)34(46)27-15-18-41(19-16-27)35(47)29(21-25-10-5-3-6-11-25)40-36(48)49-23-26-12-7-4-8-13-26/h3-8,10-13,24,27-30H,9,14-23H2,1-2H3,(H2,37,43)(H,38,44)(H,39,45)(H,40,48)/t28-,29-,30?/m1/s1. The number of ether oxygens (including phenoxy) is 1. The van der Waals surface area contributed by atoms with Gasteiger partial charge in [0.05, 0.1) is 6.54 Å². The lowest BCUT2D eigenvalue weighted by Gasteiger charge is -2.36. The Bertz CT molecular complexity index is 1450. The third-order valence-electron chi connectivity index (χ3n) is 8.86. The summed E-state index contributed by atoms with van der Waals surface area (Å²) in [5.74, 6) is -2.29. The summed E-state index contributed by atoms with van der Waals surface area (Å²) in [4.78, 5) is 80.7. The van der Waals surface area contributed by atoms with Crippen LogP contribution in [0.2, 0.25) is 0 Å². The third-order valence-corrected chi connectivity index (χ3v) is 8.86. The lowest BCUT2D eigenvalue weighted by Crippen LogP contribution is -2.55. The van der Waals surface area contributed by atoms with Gasteiger partial charge in [-0.2, -0.15) is 0 Å². The highest BCUT2D eigenvalue weighted by Crippen LogP contribution is 2.26. The van der Waals surface area contributed by atoms with Crippen LogP contribution in [0.5, 0.6) is 0 Å². The lowest BCUT2D eigenvalue weighted by atomic mass is 9.94. The van der Waals surface area contributed by atoms with E-state index in [0.29, 0.717) is 51.7 Å². The van der Waals surface area contributed by atoms with E-state index < -0.39 is 41.9 Å². The van der Waals surface area contributed by atoms with Gasteiger partial charge < -0.3 is 36.2 Å². The summed E-state index contributed by atoms with van der Waals surface area (Å²) in [6, 6.07) is 16.2. The molecule has 2 heterocycles. The molecule has 2 aromatic carbocycles. The summed E-state index contributed by atoms with van der Waals surface area (Å²) in [5, 5.41) is 8.01. The molecule has 0 aromatic heterocycles. The summed E-state index contributed by atoms with van der Waals surface area (Å²) in [6.45, 7) is 4.64. The number of piperidine rings is 1. The molecule has 2 aliphatic rings. The Morgan fingerprint density at radius 1 is 0.837 bits per heavy atom. The molecule has 0 radical (unpaired) electrons. The zero-order valence-electron chi connectivity index (χ0n) is 28.3. The first-order valence-electron chi connectivity index (χ1n) is 17.0. The molecular weight excluding hydrogens is 628 g/mol. The second kappa shape index (κ2) is 18.0. The molecule has 3 atom stereocenters. The van der Waals surface area contributed by atoms with E-state index in [0.717, 1.165) is 11.1 Å². The topological polar surface area (TPSA) is 180 Å². The number of carbonyl (C=O) groups excluding carboxylic acids is 6. The minimum atomic E-state index is -0.869. The monoisotopic (exact) mass is 676 g/mol. The first kappa shape index (κ1) is 36.9. The predicted octanol–water partition coefficient (Wildman–Crippen LogP) is 1.89. The molecule has 49 heavy (non-hydrogen) atoms. The molecule has 13 heteroatoms. The van der Waals surface area contributed by atoms with Crippen molar-refractivity contribution in [2.24, 2.45) is 17.6 Å². The van der Waals surface area contributed by atoms with Crippen LogP contribution < -0.4 is 21.7 Å². The Labute approximate surface area is 287 Å². The van der Waals surface area contributed by atoms with Crippen molar-refractivity contribution in [3.8, 4) is 0 Å². The highest BCUT2D eigenvalue weighted by molar-refractivity contribution is 5.94. The van der Waals surface area contributed by atoms with Crippen molar-refractivity contribution in [1.82, 2.24) is 25.8 Å². The largest absolute Gasteiger partial charge is 0.445 e. The maximum absolute atomic E-state index is 13.8. The van der Waals surface area contributed by atoms with E-state index in [2.05, 4.69) is 16.0 Å². The van der Waals surface area contributed by atoms with Gasteiger partial charge in [-0.25, -0.2) is 4.79 Å². The fourth-order valence-corrected chi connectivity index (χ4v) is 6.33. The number of hydrogen-bond acceptors (Lipinski definition) is 7. The number of benzene rings is 2. The number of rotatable bonds is 14. The molecule has 2 aliphatic heterocycles. The summed E-state index contributed by atoms with van der Waals surface area (Å²) in [7, 11) is 0.